The molecule has 0 bridgehead atoms. The fourth-order valence-electron chi connectivity index (χ4n) is 0.795. The van der Waals surface area contributed by atoms with Gasteiger partial charge in [0.25, 0.3) is 0 Å². The van der Waals surface area contributed by atoms with Crippen LogP contribution in [0.4, 0.5) is 0 Å². The second-order valence-electron chi connectivity index (χ2n) is 1.93. The lowest BCUT2D eigenvalue weighted by molar-refractivity contribution is 1.33. The SMILES string of the molecule is Brc1nc2c(Br)cncc2s1. The van der Waals surface area contributed by atoms with Crippen molar-refractivity contribution in [2.75, 3.05) is 0 Å². The zero-order valence-electron chi connectivity index (χ0n) is 5.21. The summed E-state index contributed by atoms with van der Waals surface area (Å²) in [6, 6.07) is 0. The van der Waals surface area contributed by atoms with Crippen LogP contribution in [-0.2, 0) is 0 Å². The van der Waals surface area contributed by atoms with Gasteiger partial charge in [0, 0.05) is 12.4 Å². The van der Waals surface area contributed by atoms with E-state index in [9.17, 15) is 0 Å². The van der Waals surface area contributed by atoms with Gasteiger partial charge in [-0.3, -0.25) is 4.98 Å². The maximum atomic E-state index is 4.26. The van der Waals surface area contributed by atoms with Crippen molar-refractivity contribution in [2.45, 2.75) is 0 Å². The molecule has 2 aromatic heterocycles. The Labute approximate surface area is 83.9 Å². The quantitative estimate of drug-likeness (QED) is 0.745. The number of thiazole rings is 1. The van der Waals surface area contributed by atoms with Crippen LogP contribution in [-0.4, -0.2) is 9.97 Å². The Morgan fingerprint density at radius 1 is 1.27 bits per heavy atom. The van der Waals surface area contributed by atoms with E-state index in [2.05, 4.69) is 41.8 Å². The summed E-state index contributed by atoms with van der Waals surface area (Å²) in [5.41, 5.74) is 0.969. The Kier molecular flexibility index (Phi) is 1.95. The van der Waals surface area contributed by atoms with E-state index < -0.39 is 0 Å². The van der Waals surface area contributed by atoms with Crippen molar-refractivity contribution in [3.05, 3.63) is 20.8 Å². The molecule has 0 aliphatic carbocycles. The van der Waals surface area contributed by atoms with Crippen LogP contribution in [0.3, 0.4) is 0 Å². The Morgan fingerprint density at radius 3 is 2.82 bits per heavy atom. The highest BCUT2D eigenvalue weighted by molar-refractivity contribution is 9.11. The number of hydrogen-bond donors (Lipinski definition) is 0. The van der Waals surface area contributed by atoms with Gasteiger partial charge in [0.1, 0.15) is 0 Å². The first-order chi connectivity index (χ1) is 5.27. The zero-order chi connectivity index (χ0) is 7.84. The monoisotopic (exact) mass is 292 g/mol. The van der Waals surface area contributed by atoms with E-state index in [0.29, 0.717) is 0 Å². The second-order valence-corrected chi connectivity index (χ2v) is 5.10. The number of halogens is 2. The molecule has 2 heterocycles. The molecule has 11 heavy (non-hydrogen) atoms. The first kappa shape index (κ1) is 7.64. The van der Waals surface area contributed by atoms with E-state index in [0.717, 1.165) is 18.6 Å². The topological polar surface area (TPSA) is 25.8 Å². The zero-order valence-corrected chi connectivity index (χ0v) is 9.20. The number of rotatable bonds is 0. The third kappa shape index (κ3) is 1.32. The van der Waals surface area contributed by atoms with Gasteiger partial charge in [-0.25, -0.2) is 4.98 Å². The summed E-state index contributed by atoms with van der Waals surface area (Å²) in [4.78, 5) is 8.29. The van der Waals surface area contributed by atoms with Gasteiger partial charge in [-0.2, -0.15) is 0 Å². The standard InChI is InChI=1S/C6H2Br2N2S/c7-3-1-9-2-4-5(3)10-6(8)11-4/h1-2H. The summed E-state index contributed by atoms with van der Waals surface area (Å²) in [5, 5.41) is 0. The number of fused-ring (bicyclic) bond motifs is 1. The molecule has 5 heteroatoms. The minimum absolute atomic E-state index is 0.890. The number of aromatic nitrogens is 2. The maximum Gasteiger partial charge on any atom is 0.160 e. The summed E-state index contributed by atoms with van der Waals surface area (Å²) >= 11 is 8.27. The lowest BCUT2D eigenvalue weighted by Gasteiger charge is -1.87. The fourth-order valence-corrected chi connectivity index (χ4v) is 2.73. The van der Waals surface area contributed by atoms with Gasteiger partial charge in [0.2, 0.25) is 0 Å². The normalized spacial score (nSPS) is 10.7. The molecule has 0 spiro atoms. The highest BCUT2D eigenvalue weighted by atomic mass is 79.9. The highest BCUT2D eigenvalue weighted by Crippen LogP contribution is 2.29. The van der Waals surface area contributed by atoms with E-state index >= 15 is 0 Å². The van der Waals surface area contributed by atoms with Crippen molar-refractivity contribution < 1.29 is 0 Å². The predicted molar refractivity (Wildman–Crippen MR) is 52.8 cm³/mol. The number of hydrogen-bond acceptors (Lipinski definition) is 3. The smallest absolute Gasteiger partial charge is 0.160 e. The predicted octanol–water partition coefficient (Wildman–Crippen LogP) is 3.22. The van der Waals surface area contributed by atoms with Gasteiger partial charge >= 0.3 is 0 Å². The fraction of sp³-hybridized carbons (Fsp3) is 0. The van der Waals surface area contributed by atoms with Crippen LogP contribution < -0.4 is 0 Å². The molecule has 0 aliphatic heterocycles. The van der Waals surface area contributed by atoms with Crippen LogP contribution in [0.15, 0.2) is 20.8 Å². The van der Waals surface area contributed by atoms with Gasteiger partial charge < -0.3 is 0 Å². The van der Waals surface area contributed by atoms with Crippen LogP contribution >= 0.6 is 43.2 Å². The van der Waals surface area contributed by atoms with Crippen molar-refractivity contribution in [3.8, 4) is 0 Å². The maximum absolute atomic E-state index is 4.26. The van der Waals surface area contributed by atoms with Crippen LogP contribution in [0, 0.1) is 0 Å². The summed E-state index contributed by atoms with van der Waals surface area (Å²) in [6.45, 7) is 0. The van der Waals surface area contributed by atoms with E-state index in [1.54, 1.807) is 17.5 Å². The van der Waals surface area contributed by atoms with E-state index in [4.69, 9.17) is 0 Å². The van der Waals surface area contributed by atoms with Crippen LogP contribution in [0.25, 0.3) is 10.2 Å². The number of pyridine rings is 1. The minimum Gasteiger partial charge on any atom is -0.262 e. The van der Waals surface area contributed by atoms with Crippen LogP contribution in [0.5, 0.6) is 0 Å². The Hall–Kier alpha value is -0.0000000000000000833. The second kappa shape index (κ2) is 2.80. The molecule has 2 aromatic rings. The largest absolute Gasteiger partial charge is 0.262 e. The third-order valence-corrected chi connectivity index (χ3v) is 3.25. The van der Waals surface area contributed by atoms with Crippen molar-refractivity contribution in [3.63, 3.8) is 0 Å². The molecule has 0 N–H and O–H groups in total. The molecule has 0 saturated heterocycles. The molecule has 0 aromatic carbocycles. The summed E-state index contributed by atoms with van der Waals surface area (Å²) in [6.07, 6.45) is 3.55. The van der Waals surface area contributed by atoms with Gasteiger partial charge in [-0.05, 0) is 31.9 Å². The summed E-state index contributed by atoms with van der Waals surface area (Å²) in [5.74, 6) is 0. The van der Waals surface area contributed by atoms with Gasteiger partial charge in [-0.1, -0.05) is 0 Å². The van der Waals surface area contributed by atoms with Crippen LogP contribution in [0.1, 0.15) is 0 Å². The molecule has 2 nitrogen and oxygen atoms in total. The van der Waals surface area contributed by atoms with Gasteiger partial charge in [0.05, 0.1) is 14.7 Å². The van der Waals surface area contributed by atoms with Crippen molar-refractivity contribution in [1.82, 2.24) is 9.97 Å². The average Bonchev–Trinajstić information content (AvgIpc) is 2.31. The van der Waals surface area contributed by atoms with Crippen molar-refractivity contribution in [2.24, 2.45) is 0 Å². The molecular weight excluding hydrogens is 292 g/mol. The third-order valence-electron chi connectivity index (χ3n) is 1.23. The van der Waals surface area contributed by atoms with Crippen molar-refractivity contribution in [1.29, 1.82) is 0 Å². The summed E-state index contributed by atoms with van der Waals surface area (Å²) in [7, 11) is 0. The molecule has 0 atom stereocenters. The molecular formula is C6H2Br2N2S. The Bertz CT molecular complexity index is 398. The summed E-state index contributed by atoms with van der Waals surface area (Å²) < 4.78 is 2.92. The molecule has 0 amide bonds. The molecule has 0 saturated carbocycles. The number of nitrogens with zero attached hydrogens (tertiary/aromatic N) is 2. The van der Waals surface area contributed by atoms with Gasteiger partial charge in [-0.15, -0.1) is 11.3 Å². The minimum atomic E-state index is 0.890. The lowest BCUT2D eigenvalue weighted by Crippen LogP contribution is -1.72. The van der Waals surface area contributed by atoms with Crippen molar-refractivity contribution >= 4 is 53.4 Å². The first-order valence-corrected chi connectivity index (χ1v) is 5.23. The molecule has 0 radical (unpaired) electrons. The molecule has 0 aliphatic rings. The van der Waals surface area contributed by atoms with E-state index in [-0.39, 0.29) is 0 Å². The first-order valence-electron chi connectivity index (χ1n) is 2.83. The van der Waals surface area contributed by atoms with E-state index in [1.807, 2.05) is 6.20 Å². The van der Waals surface area contributed by atoms with Gasteiger partial charge in [0.15, 0.2) is 3.92 Å². The van der Waals surface area contributed by atoms with E-state index in [1.165, 1.54) is 0 Å². The molecule has 0 fully saturated rings. The Balaban J connectivity index is 2.90. The molecule has 0 unspecified atom stereocenters. The average molecular weight is 294 g/mol. The lowest BCUT2D eigenvalue weighted by atomic mass is 10.4. The Morgan fingerprint density at radius 2 is 2.09 bits per heavy atom. The molecule has 2 rings (SSSR count). The highest BCUT2D eigenvalue weighted by Gasteiger charge is 2.03. The molecule has 56 valence electrons. The van der Waals surface area contributed by atoms with Crippen LogP contribution in [0.2, 0.25) is 0 Å².